The van der Waals surface area contributed by atoms with Gasteiger partial charge in [0.2, 0.25) is 0 Å². The van der Waals surface area contributed by atoms with Crippen molar-refractivity contribution in [3.8, 4) is 0 Å². The number of ether oxygens (including phenoxy) is 4. The molecule has 4 rings (SSSR count). The van der Waals surface area contributed by atoms with Gasteiger partial charge in [-0.25, -0.2) is 0 Å². The van der Waals surface area contributed by atoms with Gasteiger partial charge in [0.25, 0.3) is 0 Å². The Hall–Kier alpha value is -2.17. The molecule has 0 radical (unpaired) electrons. The second-order valence-electron chi connectivity index (χ2n) is 12.2. The zero-order chi connectivity index (χ0) is 32.6. The third kappa shape index (κ3) is 7.61. The molecule has 1 spiro atoms. The van der Waals surface area contributed by atoms with E-state index in [4.69, 9.17) is 18.9 Å². The minimum absolute atomic E-state index is 0.0660. The summed E-state index contributed by atoms with van der Waals surface area (Å²) in [5.74, 6) is -0.194. The third-order valence-electron chi connectivity index (χ3n) is 8.56. The van der Waals surface area contributed by atoms with E-state index in [9.17, 15) is 30.9 Å². The Morgan fingerprint density at radius 3 is 1.86 bits per heavy atom. The topological polar surface area (TPSA) is 57.3 Å². The van der Waals surface area contributed by atoms with Gasteiger partial charge in [-0.2, -0.15) is 26.3 Å². The minimum Gasteiger partial charge on any atom is -0.378 e. The van der Waals surface area contributed by atoms with Crippen LogP contribution < -0.4 is 10.6 Å². The quantitative estimate of drug-likeness (QED) is 0.110. The van der Waals surface area contributed by atoms with E-state index >= 15 is 0 Å². The van der Waals surface area contributed by atoms with Crippen LogP contribution in [-0.4, -0.2) is 56.5 Å². The molecule has 1 saturated heterocycles. The average Bonchev–Trinajstić information content (AvgIpc) is 3.71. The van der Waals surface area contributed by atoms with Crippen LogP contribution in [0.15, 0.2) is 60.2 Å². The Balaban J connectivity index is 1.57. The van der Waals surface area contributed by atoms with Crippen LogP contribution in [-0.2, 0) is 35.9 Å². The molecule has 4 atom stereocenters. The molecular weight excluding hydrogens is 609 g/mol. The van der Waals surface area contributed by atoms with Gasteiger partial charge in [-0.1, -0.05) is 35.9 Å². The summed E-state index contributed by atoms with van der Waals surface area (Å²) in [4.78, 5) is 0. The van der Waals surface area contributed by atoms with Crippen molar-refractivity contribution in [3.05, 3.63) is 71.3 Å². The van der Waals surface area contributed by atoms with Crippen LogP contribution in [0, 0.1) is 5.92 Å². The molecule has 0 amide bonds. The molecule has 2 aromatic rings. The highest BCUT2D eigenvalue weighted by Crippen LogP contribution is 2.53. The van der Waals surface area contributed by atoms with Crippen molar-refractivity contribution >= 4 is 17.8 Å². The lowest BCUT2D eigenvalue weighted by molar-refractivity contribution is -0.182. The van der Waals surface area contributed by atoms with Crippen LogP contribution in [0.3, 0.4) is 0 Å². The van der Waals surface area contributed by atoms with Crippen LogP contribution in [0.4, 0.5) is 26.3 Å². The molecule has 5 nitrogen and oxygen atoms in total. The fraction of sp³-hybridized carbons (Fsp3) is 0.562. The highest BCUT2D eigenvalue weighted by Gasteiger charge is 2.63. The molecular formula is C32H39F6O5P. The first-order chi connectivity index (χ1) is 20.4. The summed E-state index contributed by atoms with van der Waals surface area (Å²) in [6.07, 6.45) is -6.94. The molecule has 2 fully saturated rings. The van der Waals surface area contributed by atoms with Crippen molar-refractivity contribution in [2.75, 3.05) is 33.1 Å². The molecule has 2 aromatic carbocycles. The van der Waals surface area contributed by atoms with E-state index in [1.807, 2.05) is 33.8 Å². The van der Waals surface area contributed by atoms with Gasteiger partial charge in [0.15, 0.2) is 0 Å². The molecule has 44 heavy (non-hydrogen) atoms. The first-order valence-electron chi connectivity index (χ1n) is 14.4. The van der Waals surface area contributed by atoms with Gasteiger partial charge in [0.1, 0.15) is 7.14 Å². The Labute approximate surface area is 254 Å². The predicted octanol–water partition coefficient (Wildman–Crippen LogP) is 7.38. The van der Waals surface area contributed by atoms with Crippen LogP contribution in [0.2, 0.25) is 0 Å². The Kier molecular flexibility index (Phi) is 10.2. The Morgan fingerprint density at radius 1 is 0.955 bits per heavy atom. The highest BCUT2D eigenvalue weighted by molar-refractivity contribution is 7.78. The largest absolute Gasteiger partial charge is 0.416 e. The van der Waals surface area contributed by atoms with Crippen LogP contribution in [0.1, 0.15) is 51.7 Å². The van der Waals surface area contributed by atoms with Crippen molar-refractivity contribution in [3.63, 3.8) is 0 Å². The molecule has 0 aromatic heterocycles. The number of hydrogen-bond acceptors (Lipinski definition) is 5. The van der Waals surface area contributed by atoms with Crippen molar-refractivity contribution < 1.29 is 49.9 Å². The summed E-state index contributed by atoms with van der Waals surface area (Å²) in [7, 11) is -2.13. The zero-order valence-electron chi connectivity index (χ0n) is 25.4. The molecule has 244 valence electrons. The lowest BCUT2D eigenvalue weighted by Gasteiger charge is -2.48. The number of rotatable bonds is 11. The molecule has 1 aliphatic carbocycles. The number of epoxide rings is 1. The van der Waals surface area contributed by atoms with E-state index in [0.717, 1.165) is 54.1 Å². The second-order valence-corrected chi connectivity index (χ2v) is 15.2. The van der Waals surface area contributed by atoms with Gasteiger partial charge in [0, 0.05) is 29.8 Å². The van der Waals surface area contributed by atoms with Crippen LogP contribution in [0.25, 0.3) is 0 Å². The van der Waals surface area contributed by atoms with Crippen LogP contribution >= 0.6 is 7.14 Å². The smallest absolute Gasteiger partial charge is 0.378 e. The maximum absolute atomic E-state index is 14.5. The van der Waals surface area contributed by atoms with E-state index in [1.54, 1.807) is 7.11 Å². The number of benzene rings is 2. The van der Waals surface area contributed by atoms with Gasteiger partial charge < -0.3 is 23.5 Å². The normalized spacial score (nSPS) is 24.4. The van der Waals surface area contributed by atoms with Crippen molar-refractivity contribution in [1.82, 2.24) is 0 Å². The standard InChI is InChI=1S/C32H39F6O5P/c1-21(2)15-17-42-29(3,4)28-27(40-5)26(14-16-30(28)20-43-30)41-18-19-44(39,24-10-6-22(7-11-24)31(33,34)35)25-12-8-23(9-13-25)32(36,37)38/h6-13,15,26-28H,14,16-20H2,1-5H3/t26-,27-,28-,30+/m1/s1. The highest BCUT2D eigenvalue weighted by atomic mass is 31.2. The summed E-state index contributed by atoms with van der Waals surface area (Å²) < 4.78 is 118. The zero-order valence-corrected chi connectivity index (χ0v) is 26.3. The Bertz CT molecular complexity index is 1280. The summed E-state index contributed by atoms with van der Waals surface area (Å²) in [6, 6.07) is 7.79. The Morgan fingerprint density at radius 2 is 1.45 bits per heavy atom. The average molecular weight is 649 g/mol. The lowest BCUT2D eigenvalue weighted by Crippen LogP contribution is -2.58. The summed E-state index contributed by atoms with van der Waals surface area (Å²) >= 11 is 0. The number of halogens is 6. The summed E-state index contributed by atoms with van der Waals surface area (Å²) in [6.45, 7) is 8.85. The van der Waals surface area contributed by atoms with Gasteiger partial charge >= 0.3 is 12.4 Å². The fourth-order valence-corrected chi connectivity index (χ4v) is 8.61. The van der Waals surface area contributed by atoms with Crippen molar-refractivity contribution in [2.24, 2.45) is 5.92 Å². The number of methoxy groups -OCH3 is 1. The van der Waals surface area contributed by atoms with Crippen molar-refractivity contribution in [1.29, 1.82) is 0 Å². The predicted molar refractivity (Wildman–Crippen MR) is 156 cm³/mol. The van der Waals surface area contributed by atoms with Gasteiger partial charge in [-0.05, 0) is 64.8 Å². The van der Waals surface area contributed by atoms with E-state index in [-0.39, 0.29) is 29.3 Å². The first-order valence-corrected chi connectivity index (χ1v) is 16.3. The number of alkyl halides is 6. The van der Waals surface area contributed by atoms with Gasteiger partial charge in [-0.15, -0.1) is 0 Å². The third-order valence-corrected chi connectivity index (χ3v) is 11.6. The molecule has 0 bridgehead atoms. The van der Waals surface area contributed by atoms with Gasteiger partial charge in [0.05, 0.1) is 54.4 Å². The summed E-state index contributed by atoms with van der Waals surface area (Å²) in [5.41, 5.74) is -1.78. The molecule has 12 heteroatoms. The summed E-state index contributed by atoms with van der Waals surface area (Å²) in [5, 5.41) is 0.190. The van der Waals surface area contributed by atoms with Gasteiger partial charge in [-0.3, -0.25) is 0 Å². The molecule has 2 aliphatic rings. The van der Waals surface area contributed by atoms with E-state index < -0.39 is 54.0 Å². The molecule has 1 saturated carbocycles. The van der Waals surface area contributed by atoms with E-state index in [0.29, 0.717) is 26.1 Å². The lowest BCUT2D eigenvalue weighted by atomic mass is 9.68. The van der Waals surface area contributed by atoms with Crippen LogP contribution in [0.5, 0.6) is 0 Å². The van der Waals surface area contributed by atoms with Crippen molar-refractivity contribution in [2.45, 2.75) is 76.3 Å². The molecule has 0 unspecified atom stereocenters. The first kappa shape index (κ1) is 34.7. The maximum atomic E-state index is 14.5. The van der Waals surface area contributed by atoms with E-state index in [2.05, 4.69) is 0 Å². The maximum Gasteiger partial charge on any atom is 0.416 e. The SMILES string of the molecule is CO[C@H]1[C@H](C(C)(C)OCC=C(C)C)[C@]2(CC[C@H]1OCCP(=O)(c1ccc(C(F)(F)F)cc1)c1ccc(C(F)(F)F)cc1)CO2. The molecule has 1 heterocycles. The molecule has 1 aliphatic heterocycles. The monoisotopic (exact) mass is 648 g/mol. The van der Waals surface area contributed by atoms with E-state index in [1.165, 1.54) is 0 Å². The second kappa shape index (κ2) is 12.9. The number of allylic oxidation sites excluding steroid dienone is 1. The number of hydrogen-bond donors (Lipinski definition) is 0. The fourth-order valence-electron chi connectivity index (χ4n) is 6.17. The minimum atomic E-state index is -4.60. The molecule has 0 N–H and O–H groups in total.